The van der Waals surface area contributed by atoms with Crippen molar-refractivity contribution in [2.24, 2.45) is 5.73 Å². The van der Waals surface area contributed by atoms with E-state index in [4.69, 9.17) is 10.2 Å². The Morgan fingerprint density at radius 1 is 0.921 bits per heavy atom. The van der Waals surface area contributed by atoms with E-state index in [-0.39, 0.29) is 11.3 Å². The third kappa shape index (κ3) is 5.63. The van der Waals surface area contributed by atoms with Crippen molar-refractivity contribution in [2.45, 2.75) is 32.1 Å². The highest BCUT2D eigenvalue weighted by Crippen LogP contribution is 2.42. The van der Waals surface area contributed by atoms with Gasteiger partial charge in [-0.05, 0) is 49.2 Å². The zero-order valence-electron chi connectivity index (χ0n) is 22.5. The van der Waals surface area contributed by atoms with E-state index in [9.17, 15) is 14.7 Å². The highest BCUT2D eigenvalue weighted by Gasteiger charge is 2.22. The van der Waals surface area contributed by atoms with Crippen LogP contribution >= 0.6 is 0 Å². The van der Waals surface area contributed by atoms with E-state index >= 15 is 0 Å². The molecular formula is C31H35N3O4. The first-order valence-electron chi connectivity index (χ1n) is 13.0. The molecule has 198 valence electrons. The van der Waals surface area contributed by atoms with Crippen molar-refractivity contribution in [1.82, 2.24) is 4.58 Å². The van der Waals surface area contributed by atoms with Gasteiger partial charge in [0, 0.05) is 66.0 Å². The van der Waals surface area contributed by atoms with Gasteiger partial charge in [0.05, 0.1) is 12.0 Å². The molecule has 2 aliphatic rings. The zero-order valence-corrected chi connectivity index (χ0v) is 22.5. The van der Waals surface area contributed by atoms with Crippen LogP contribution in [0, 0.1) is 0 Å². The Labute approximate surface area is 223 Å². The molecule has 1 aliphatic carbocycles. The van der Waals surface area contributed by atoms with Crippen molar-refractivity contribution < 1.29 is 19.1 Å². The second-order valence-electron chi connectivity index (χ2n) is 10.1. The number of Topliss-reactive ketones (excluding diaryl/α,β-unsaturated/α-hetero) is 1. The number of hydrogen-bond acceptors (Lipinski definition) is 6. The normalized spacial score (nSPS) is 11.2. The predicted molar refractivity (Wildman–Crippen MR) is 151 cm³/mol. The first-order valence-corrected chi connectivity index (χ1v) is 13.0. The van der Waals surface area contributed by atoms with Crippen molar-refractivity contribution in [2.75, 3.05) is 39.6 Å². The molecule has 1 aliphatic heterocycles. The molecule has 38 heavy (non-hydrogen) atoms. The van der Waals surface area contributed by atoms with Crippen LogP contribution in [0.25, 0.3) is 33.4 Å². The van der Waals surface area contributed by atoms with Gasteiger partial charge >= 0.3 is 0 Å². The first kappa shape index (κ1) is 27.1. The Kier molecular flexibility index (Phi) is 8.27. The number of benzene rings is 3. The molecule has 0 radical (unpaired) electrons. The molecule has 4 rings (SSSR count). The summed E-state index contributed by atoms with van der Waals surface area (Å²) in [5, 5.41) is 14.1. The highest BCUT2D eigenvalue weighted by molar-refractivity contribution is 6.09. The van der Waals surface area contributed by atoms with E-state index in [1.807, 2.05) is 74.1 Å². The molecule has 1 heterocycles. The lowest BCUT2D eigenvalue weighted by atomic mass is 9.89. The number of rotatable bonds is 10. The SMILES string of the molecule is CN(C)c1ccc2c(-c3ccc(C(=O)CCCCCCN)cc3C(=O)[O-])c3ccc(=[N+](C)C)cc-3oc2c1. The minimum absolute atomic E-state index is 0.0128. The molecule has 0 saturated carbocycles. The fourth-order valence-electron chi connectivity index (χ4n) is 4.75. The molecule has 2 aromatic rings. The number of anilines is 1. The summed E-state index contributed by atoms with van der Waals surface area (Å²) in [6.45, 7) is 0.646. The molecule has 0 fully saturated rings. The van der Waals surface area contributed by atoms with E-state index in [1.165, 1.54) is 6.07 Å². The zero-order chi connectivity index (χ0) is 27.4. The minimum atomic E-state index is -1.32. The van der Waals surface area contributed by atoms with Gasteiger partial charge in [0.2, 0.25) is 5.36 Å². The maximum Gasteiger partial charge on any atom is 0.203 e. The van der Waals surface area contributed by atoms with Gasteiger partial charge in [0.25, 0.3) is 0 Å². The van der Waals surface area contributed by atoms with Gasteiger partial charge in [-0.15, -0.1) is 0 Å². The van der Waals surface area contributed by atoms with E-state index in [0.29, 0.717) is 35.4 Å². The van der Waals surface area contributed by atoms with Crippen LogP contribution in [0.5, 0.6) is 0 Å². The van der Waals surface area contributed by atoms with Gasteiger partial charge in [-0.25, -0.2) is 4.58 Å². The number of carbonyl (C=O) groups is 2. The molecular weight excluding hydrogens is 478 g/mol. The Morgan fingerprint density at radius 2 is 1.66 bits per heavy atom. The van der Waals surface area contributed by atoms with Crippen LogP contribution < -0.4 is 25.7 Å². The lowest BCUT2D eigenvalue weighted by Crippen LogP contribution is -2.24. The summed E-state index contributed by atoms with van der Waals surface area (Å²) in [6.07, 6.45) is 3.96. The number of ketones is 1. The van der Waals surface area contributed by atoms with Crippen molar-refractivity contribution >= 4 is 28.4 Å². The third-order valence-corrected chi connectivity index (χ3v) is 6.91. The Morgan fingerprint density at radius 3 is 2.34 bits per heavy atom. The Bertz CT molecular complexity index is 1530. The van der Waals surface area contributed by atoms with Gasteiger partial charge in [-0.3, -0.25) is 4.79 Å². The number of nitrogens with two attached hydrogens (primary N) is 1. The molecule has 0 spiro atoms. The summed E-state index contributed by atoms with van der Waals surface area (Å²) in [6, 6.07) is 16.6. The summed E-state index contributed by atoms with van der Waals surface area (Å²) in [5.74, 6) is -0.762. The molecule has 0 unspecified atom stereocenters. The second kappa shape index (κ2) is 11.6. The molecule has 0 saturated heterocycles. The molecule has 0 atom stereocenters. The molecule has 7 nitrogen and oxygen atoms in total. The lowest BCUT2D eigenvalue weighted by Gasteiger charge is -2.20. The van der Waals surface area contributed by atoms with Gasteiger partial charge in [0.1, 0.15) is 25.4 Å². The van der Waals surface area contributed by atoms with Crippen LogP contribution in [0.15, 0.2) is 59.0 Å². The van der Waals surface area contributed by atoms with Crippen LogP contribution in [0.4, 0.5) is 5.69 Å². The molecule has 0 amide bonds. The number of carbonyl (C=O) groups excluding carboxylic acids is 2. The monoisotopic (exact) mass is 513 g/mol. The van der Waals surface area contributed by atoms with E-state index < -0.39 is 5.97 Å². The molecule has 7 heteroatoms. The topological polar surface area (TPSA) is 103 Å². The summed E-state index contributed by atoms with van der Waals surface area (Å²) >= 11 is 0. The lowest BCUT2D eigenvalue weighted by molar-refractivity contribution is -0.254. The molecule has 2 aromatic carbocycles. The summed E-state index contributed by atoms with van der Waals surface area (Å²) in [4.78, 5) is 27.2. The molecule has 2 N–H and O–H groups in total. The number of fused-ring (bicyclic) bond motifs is 2. The van der Waals surface area contributed by atoms with Crippen molar-refractivity contribution in [3.8, 4) is 22.5 Å². The fourth-order valence-corrected chi connectivity index (χ4v) is 4.75. The van der Waals surface area contributed by atoms with Crippen molar-refractivity contribution in [3.05, 3.63) is 71.1 Å². The summed E-state index contributed by atoms with van der Waals surface area (Å²) in [7, 11) is 7.82. The van der Waals surface area contributed by atoms with Crippen LogP contribution in [-0.2, 0) is 0 Å². The van der Waals surface area contributed by atoms with Gasteiger partial charge in [-0.1, -0.05) is 25.0 Å². The standard InChI is InChI=1S/C31H35N3O4/c1-33(2)21-11-14-24-28(18-21)38-29-19-22(34(3)4)12-15-25(29)30(24)23-13-10-20(17-26(23)31(36)37)27(35)9-7-5-6-8-16-32/h10-15,17-19H,5-9,16,32H2,1-4H3. The average Bonchev–Trinajstić information content (AvgIpc) is 2.90. The summed E-state index contributed by atoms with van der Waals surface area (Å²) < 4.78 is 8.33. The fraction of sp³-hybridized carbons (Fsp3) is 0.323. The number of aromatic carboxylic acids is 1. The number of carboxylic acid groups (broad SMARTS) is 1. The molecule has 0 bridgehead atoms. The number of hydrogen-bond donors (Lipinski definition) is 1. The second-order valence-corrected chi connectivity index (χ2v) is 10.1. The largest absolute Gasteiger partial charge is 0.545 e. The quantitative estimate of drug-likeness (QED) is 0.150. The smallest absolute Gasteiger partial charge is 0.203 e. The summed E-state index contributed by atoms with van der Waals surface area (Å²) in [5.41, 5.74) is 9.51. The number of nitrogens with zero attached hydrogens (tertiary/aromatic N) is 2. The van der Waals surface area contributed by atoms with Crippen LogP contribution in [-0.4, -0.2) is 46.5 Å². The maximum atomic E-state index is 12.9. The van der Waals surface area contributed by atoms with Gasteiger partial charge in [0.15, 0.2) is 5.78 Å². The van der Waals surface area contributed by atoms with E-state index in [0.717, 1.165) is 53.2 Å². The Balaban J connectivity index is 1.89. The minimum Gasteiger partial charge on any atom is -0.545 e. The van der Waals surface area contributed by atoms with E-state index in [2.05, 4.69) is 0 Å². The number of carboxylic acids is 1. The first-order chi connectivity index (χ1) is 18.2. The van der Waals surface area contributed by atoms with E-state index in [1.54, 1.807) is 12.1 Å². The van der Waals surface area contributed by atoms with Gasteiger partial charge in [-0.2, -0.15) is 0 Å². The van der Waals surface area contributed by atoms with Crippen molar-refractivity contribution in [1.29, 1.82) is 0 Å². The van der Waals surface area contributed by atoms with Crippen LogP contribution in [0.2, 0.25) is 0 Å². The average molecular weight is 514 g/mol. The third-order valence-electron chi connectivity index (χ3n) is 6.91. The van der Waals surface area contributed by atoms with Crippen LogP contribution in [0.1, 0.15) is 52.8 Å². The maximum absolute atomic E-state index is 12.9. The highest BCUT2D eigenvalue weighted by atomic mass is 16.4. The predicted octanol–water partition coefficient (Wildman–Crippen LogP) is 3.76. The number of unbranched alkanes of at least 4 members (excludes halogenated alkanes) is 3. The van der Waals surface area contributed by atoms with Crippen molar-refractivity contribution in [3.63, 3.8) is 0 Å². The Hall–Kier alpha value is -3.97. The van der Waals surface area contributed by atoms with Crippen LogP contribution in [0.3, 0.4) is 0 Å². The van der Waals surface area contributed by atoms with Gasteiger partial charge < -0.3 is 25.0 Å². The molecule has 0 aromatic heterocycles.